The van der Waals surface area contributed by atoms with Crippen LogP contribution in [0.1, 0.15) is 19.4 Å². The molecule has 0 bridgehead atoms. The normalized spacial score (nSPS) is 12.5. The zero-order chi connectivity index (χ0) is 14.1. The van der Waals surface area contributed by atoms with Crippen molar-refractivity contribution >= 4 is 41.5 Å². The average Bonchev–Trinajstić information content (AvgIpc) is 2.38. The van der Waals surface area contributed by atoms with E-state index in [1.165, 1.54) is 0 Å². The van der Waals surface area contributed by atoms with Crippen molar-refractivity contribution in [1.82, 2.24) is 10.6 Å². The third-order valence-electron chi connectivity index (χ3n) is 2.48. The summed E-state index contributed by atoms with van der Waals surface area (Å²) in [6.07, 6.45) is 0. The number of nitrogens with one attached hydrogen (secondary N) is 2. The molecule has 0 heterocycles. The smallest absolute Gasteiger partial charge is 0.191 e. The fraction of sp³-hybridized carbons (Fsp3) is 0.500. The van der Waals surface area contributed by atoms with Gasteiger partial charge in [0.1, 0.15) is 0 Å². The van der Waals surface area contributed by atoms with Gasteiger partial charge in [0.15, 0.2) is 5.96 Å². The molecule has 0 saturated carbocycles. The zero-order valence-electron chi connectivity index (χ0n) is 12.1. The molecule has 0 aliphatic rings. The van der Waals surface area contributed by atoms with E-state index in [0.717, 1.165) is 23.1 Å². The number of guanidine groups is 1. The number of hydrogen-bond acceptors (Lipinski definition) is 2. The summed E-state index contributed by atoms with van der Waals surface area (Å²) in [7, 11) is 1.69. The van der Waals surface area contributed by atoms with E-state index in [-0.39, 0.29) is 30.0 Å². The predicted molar refractivity (Wildman–Crippen MR) is 96.2 cm³/mol. The van der Waals surface area contributed by atoms with Crippen molar-refractivity contribution in [3.8, 4) is 0 Å². The molecule has 1 atom stereocenters. The Balaban J connectivity index is 0.00000361. The van der Waals surface area contributed by atoms with Gasteiger partial charge in [-0.25, -0.2) is 4.99 Å². The Labute approximate surface area is 143 Å². The minimum absolute atomic E-state index is 0. The van der Waals surface area contributed by atoms with E-state index in [0.29, 0.717) is 13.2 Å². The molecule has 6 heteroatoms. The molecule has 0 fully saturated rings. The third kappa shape index (κ3) is 7.91. The van der Waals surface area contributed by atoms with Crippen LogP contribution in [0.5, 0.6) is 0 Å². The lowest BCUT2D eigenvalue weighted by molar-refractivity contribution is 0.179. The summed E-state index contributed by atoms with van der Waals surface area (Å²) >= 11 is 5.85. The van der Waals surface area contributed by atoms with E-state index >= 15 is 0 Å². The molecule has 0 amide bonds. The van der Waals surface area contributed by atoms with E-state index < -0.39 is 0 Å². The fourth-order valence-electron chi connectivity index (χ4n) is 1.61. The summed E-state index contributed by atoms with van der Waals surface area (Å²) in [6, 6.07) is 7.93. The lowest BCUT2D eigenvalue weighted by atomic mass is 10.2. The van der Waals surface area contributed by atoms with Crippen LogP contribution in [0.15, 0.2) is 29.3 Å². The highest BCUT2D eigenvalue weighted by atomic mass is 127. The van der Waals surface area contributed by atoms with Crippen LogP contribution in [0.25, 0.3) is 0 Å². The standard InChI is InChI=1S/C14H22ClN3O.HI/c1-4-16-14(18-11(2)10-19-3)17-9-12-5-7-13(15)8-6-12;/h5-8,11H,4,9-10H2,1-3H3,(H2,16,17,18);1H. The lowest BCUT2D eigenvalue weighted by Crippen LogP contribution is -2.43. The van der Waals surface area contributed by atoms with Crippen LogP contribution in [0.3, 0.4) is 0 Å². The highest BCUT2D eigenvalue weighted by molar-refractivity contribution is 14.0. The first kappa shape index (κ1) is 19.5. The molecule has 0 aliphatic heterocycles. The molecule has 0 spiro atoms. The molecule has 0 saturated heterocycles. The summed E-state index contributed by atoms with van der Waals surface area (Å²) < 4.78 is 5.10. The Bertz CT molecular complexity index is 398. The van der Waals surface area contributed by atoms with Gasteiger partial charge in [-0.05, 0) is 31.5 Å². The maximum atomic E-state index is 5.85. The van der Waals surface area contributed by atoms with E-state index in [9.17, 15) is 0 Å². The first-order valence-electron chi connectivity index (χ1n) is 6.44. The number of rotatable bonds is 6. The second-order valence-corrected chi connectivity index (χ2v) is 4.76. The monoisotopic (exact) mass is 411 g/mol. The maximum Gasteiger partial charge on any atom is 0.191 e. The number of halogens is 2. The van der Waals surface area contributed by atoms with Crippen LogP contribution in [-0.4, -0.2) is 32.3 Å². The van der Waals surface area contributed by atoms with Gasteiger partial charge in [-0.15, -0.1) is 24.0 Å². The first-order valence-corrected chi connectivity index (χ1v) is 6.81. The SMILES string of the molecule is CCNC(=NCc1ccc(Cl)cc1)NC(C)COC.I. The molecule has 0 aliphatic carbocycles. The van der Waals surface area contributed by atoms with Crippen LogP contribution in [0.2, 0.25) is 5.02 Å². The van der Waals surface area contributed by atoms with Crippen molar-refractivity contribution in [2.75, 3.05) is 20.3 Å². The molecule has 20 heavy (non-hydrogen) atoms. The van der Waals surface area contributed by atoms with Gasteiger partial charge in [-0.1, -0.05) is 23.7 Å². The van der Waals surface area contributed by atoms with Crippen molar-refractivity contribution < 1.29 is 4.74 Å². The van der Waals surface area contributed by atoms with Crippen LogP contribution in [-0.2, 0) is 11.3 Å². The molecule has 114 valence electrons. The van der Waals surface area contributed by atoms with Gasteiger partial charge in [-0.2, -0.15) is 0 Å². The van der Waals surface area contributed by atoms with Crippen molar-refractivity contribution in [3.05, 3.63) is 34.9 Å². The van der Waals surface area contributed by atoms with Crippen molar-refractivity contribution in [3.63, 3.8) is 0 Å². The molecule has 1 rings (SSSR count). The summed E-state index contributed by atoms with van der Waals surface area (Å²) in [6.45, 7) is 6.18. The van der Waals surface area contributed by atoms with Gasteiger partial charge < -0.3 is 15.4 Å². The largest absolute Gasteiger partial charge is 0.383 e. The Hall–Kier alpha value is -0.530. The van der Waals surface area contributed by atoms with Gasteiger partial charge in [0, 0.05) is 24.7 Å². The van der Waals surface area contributed by atoms with Gasteiger partial charge in [0.25, 0.3) is 0 Å². The molecule has 0 radical (unpaired) electrons. The molecule has 1 aromatic carbocycles. The third-order valence-corrected chi connectivity index (χ3v) is 2.73. The summed E-state index contributed by atoms with van der Waals surface area (Å²) in [5, 5.41) is 7.24. The van der Waals surface area contributed by atoms with Crippen molar-refractivity contribution in [2.45, 2.75) is 26.4 Å². The average molecular weight is 412 g/mol. The first-order chi connectivity index (χ1) is 9.15. The summed E-state index contributed by atoms with van der Waals surface area (Å²) in [5.41, 5.74) is 1.13. The molecule has 0 aromatic heterocycles. The van der Waals surface area contributed by atoms with Crippen molar-refractivity contribution in [1.29, 1.82) is 0 Å². The van der Waals surface area contributed by atoms with Crippen LogP contribution in [0, 0.1) is 0 Å². The molecular formula is C14H23ClIN3O. The Morgan fingerprint density at radius 3 is 2.55 bits per heavy atom. The topological polar surface area (TPSA) is 45.7 Å². The maximum absolute atomic E-state index is 5.85. The fourth-order valence-corrected chi connectivity index (χ4v) is 1.73. The number of benzene rings is 1. The van der Waals surface area contributed by atoms with Gasteiger partial charge >= 0.3 is 0 Å². The van der Waals surface area contributed by atoms with Crippen molar-refractivity contribution in [2.24, 2.45) is 4.99 Å². The van der Waals surface area contributed by atoms with E-state index in [1.54, 1.807) is 7.11 Å². The second kappa shape index (κ2) is 11.2. The predicted octanol–water partition coefficient (Wildman–Crippen LogP) is 3.05. The summed E-state index contributed by atoms with van der Waals surface area (Å²) in [5.74, 6) is 0.794. The minimum Gasteiger partial charge on any atom is -0.383 e. The highest BCUT2D eigenvalue weighted by Gasteiger charge is 2.04. The summed E-state index contributed by atoms with van der Waals surface area (Å²) in [4.78, 5) is 4.53. The molecule has 1 aromatic rings. The second-order valence-electron chi connectivity index (χ2n) is 4.32. The Morgan fingerprint density at radius 2 is 2.00 bits per heavy atom. The number of methoxy groups -OCH3 is 1. The quantitative estimate of drug-likeness (QED) is 0.430. The lowest BCUT2D eigenvalue weighted by Gasteiger charge is -2.16. The molecular weight excluding hydrogens is 389 g/mol. The van der Waals surface area contributed by atoms with Gasteiger partial charge in [0.2, 0.25) is 0 Å². The Kier molecular flexibility index (Phi) is 10.9. The zero-order valence-corrected chi connectivity index (χ0v) is 15.2. The van der Waals surface area contributed by atoms with E-state index in [1.807, 2.05) is 31.2 Å². The van der Waals surface area contributed by atoms with Crippen LogP contribution in [0.4, 0.5) is 0 Å². The molecule has 4 nitrogen and oxygen atoms in total. The molecule has 1 unspecified atom stereocenters. The molecule has 2 N–H and O–H groups in total. The highest BCUT2D eigenvalue weighted by Crippen LogP contribution is 2.10. The number of nitrogens with zero attached hydrogens (tertiary/aromatic N) is 1. The number of ether oxygens (including phenoxy) is 1. The van der Waals surface area contributed by atoms with Gasteiger partial charge in [-0.3, -0.25) is 0 Å². The number of aliphatic imine (C=N–C) groups is 1. The van der Waals surface area contributed by atoms with E-state index in [4.69, 9.17) is 16.3 Å². The minimum atomic E-state index is 0. The van der Waals surface area contributed by atoms with Crippen LogP contribution >= 0.6 is 35.6 Å². The Morgan fingerprint density at radius 1 is 1.35 bits per heavy atom. The number of hydrogen-bond donors (Lipinski definition) is 2. The van der Waals surface area contributed by atoms with E-state index in [2.05, 4.69) is 22.5 Å². The van der Waals surface area contributed by atoms with Gasteiger partial charge in [0.05, 0.1) is 13.2 Å². The van der Waals surface area contributed by atoms with Crippen LogP contribution < -0.4 is 10.6 Å².